The molecular weight excluding hydrogens is 508 g/mol. The molecule has 1 heterocycles. The number of aryl methyl sites for hydroxylation is 2. The summed E-state index contributed by atoms with van der Waals surface area (Å²) in [5, 5.41) is 5.10. The van der Waals surface area contributed by atoms with Crippen LogP contribution in [-0.4, -0.2) is 45.7 Å². The van der Waals surface area contributed by atoms with Crippen molar-refractivity contribution in [3.05, 3.63) is 88.2 Å². The molecule has 0 saturated heterocycles. The molecule has 0 aliphatic heterocycles. The third-order valence-electron chi connectivity index (χ3n) is 6.61. The zero-order valence-electron chi connectivity index (χ0n) is 24.0. The van der Waals surface area contributed by atoms with Gasteiger partial charge < -0.3 is 19.7 Å². The normalized spacial score (nSPS) is 11.5. The second kappa shape index (κ2) is 14.7. The SMILES string of the molecule is Cc1ccc(C)c(NC(=S)N(CCCN(CC(C)C)CC(C)C)Cc2cccn2Cc2ccc(Cl)cc2)c1. The molecule has 1 N–H and O–H groups in total. The van der Waals surface area contributed by atoms with E-state index in [4.69, 9.17) is 23.8 Å². The highest BCUT2D eigenvalue weighted by atomic mass is 35.5. The Morgan fingerprint density at radius 2 is 1.63 bits per heavy atom. The van der Waals surface area contributed by atoms with Gasteiger partial charge in [-0.15, -0.1) is 0 Å². The van der Waals surface area contributed by atoms with Crippen molar-refractivity contribution in [2.45, 2.75) is 61.1 Å². The molecule has 6 heteroatoms. The minimum Gasteiger partial charge on any atom is -0.345 e. The van der Waals surface area contributed by atoms with Crippen molar-refractivity contribution in [1.29, 1.82) is 0 Å². The Bertz CT molecular complexity index is 1140. The third-order valence-corrected chi connectivity index (χ3v) is 7.23. The maximum atomic E-state index is 6.10. The van der Waals surface area contributed by atoms with Crippen LogP contribution in [0.15, 0.2) is 60.8 Å². The summed E-state index contributed by atoms with van der Waals surface area (Å²) in [6, 6.07) is 18.9. The number of aromatic nitrogens is 1. The topological polar surface area (TPSA) is 23.4 Å². The maximum Gasteiger partial charge on any atom is 0.173 e. The minimum atomic E-state index is 0.660. The van der Waals surface area contributed by atoms with E-state index >= 15 is 0 Å². The number of benzene rings is 2. The molecule has 0 saturated carbocycles. The lowest BCUT2D eigenvalue weighted by Gasteiger charge is -2.30. The van der Waals surface area contributed by atoms with E-state index in [1.807, 2.05) is 12.1 Å². The molecule has 3 aromatic rings. The van der Waals surface area contributed by atoms with Gasteiger partial charge in [-0.1, -0.05) is 63.6 Å². The van der Waals surface area contributed by atoms with Gasteiger partial charge in [0, 0.05) is 48.8 Å². The predicted molar refractivity (Wildman–Crippen MR) is 168 cm³/mol. The van der Waals surface area contributed by atoms with Gasteiger partial charge in [0.15, 0.2) is 5.11 Å². The van der Waals surface area contributed by atoms with Crippen molar-refractivity contribution < 1.29 is 0 Å². The van der Waals surface area contributed by atoms with Gasteiger partial charge in [0.2, 0.25) is 0 Å². The first-order valence-electron chi connectivity index (χ1n) is 13.8. The van der Waals surface area contributed by atoms with Crippen LogP contribution >= 0.6 is 23.8 Å². The van der Waals surface area contributed by atoms with E-state index in [1.165, 1.54) is 22.4 Å². The molecule has 3 rings (SSSR count). The fourth-order valence-corrected chi connectivity index (χ4v) is 5.21. The number of hydrogen-bond acceptors (Lipinski definition) is 2. The van der Waals surface area contributed by atoms with Crippen molar-refractivity contribution >= 4 is 34.6 Å². The smallest absolute Gasteiger partial charge is 0.173 e. The Morgan fingerprint density at radius 3 is 2.29 bits per heavy atom. The van der Waals surface area contributed by atoms with Crippen LogP contribution in [-0.2, 0) is 13.1 Å². The first kappa shape index (κ1) is 30.2. The van der Waals surface area contributed by atoms with Crippen molar-refractivity contribution in [1.82, 2.24) is 14.4 Å². The van der Waals surface area contributed by atoms with Crippen molar-refractivity contribution in [2.24, 2.45) is 11.8 Å². The lowest BCUT2D eigenvalue weighted by atomic mass is 10.1. The van der Waals surface area contributed by atoms with E-state index in [9.17, 15) is 0 Å². The van der Waals surface area contributed by atoms with Crippen LogP contribution in [0.3, 0.4) is 0 Å². The summed E-state index contributed by atoms with van der Waals surface area (Å²) < 4.78 is 2.31. The average Bonchev–Trinajstić information content (AvgIpc) is 3.27. The molecule has 0 aliphatic carbocycles. The largest absolute Gasteiger partial charge is 0.345 e. The van der Waals surface area contributed by atoms with Crippen LogP contribution in [0.4, 0.5) is 5.69 Å². The summed E-state index contributed by atoms with van der Waals surface area (Å²) in [7, 11) is 0. The molecule has 0 radical (unpaired) electrons. The quantitative estimate of drug-likeness (QED) is 0.217. The van der Waals surface area contributed by atoms with Gasteiger partial charge in [0.1, 0.15) is 0 Å². The number of thiocarbonyl (C=S) groups is 1. The van der Waals surface area contributed by atoms with E-state index in [0.717, 1.165) is 61.5 Å². The fourth-order valence-electron chi connectivity index (χ4n) is 4.82. The third kappa shape index (κ3) is 9.76. The summed E-state index contributed by atoms with van der Waals surface area (Å²) in [6.07, 6.45) is 3.21. The Morgan fingerprint density at radius 1 is 0.947 bits per heavy atom. The number of anilines is 1. The van der Waals surface area contributed by atoms with Crippen LogP contribution in [0.1, 0.15) is 56.5 Å². The Labute approximate surface area is 241 Å². The second-order valence-corrected chi connectivity index (χ2v) is 12.1. The number of nitrogens with zero attached hydrogens (tertiary/aromatic N) is 3. The fraction of sp³-hybridized carbons (Fsp3) is 0.469. The summed E-state index contributed by atoms with van der Waals surface area (Å²) in [6.45, 7) is 19.3. The molecule has 206 valence electrons. The molecule has 0 atom stereocenters. The molecule has 1 aromatic heterocycles. The highest BCUT2D eigenvalue weighted by Gasteiger charge is 2.16. The van der Waals surface area contributed by atoms with Crippen LogP contribution in [0.2, 0.25) is 5.02 Å². The molecule has 0 unspecified atom stereocenters. The Hall–Kier alpha value is -2.34. The highest BCUT2D eigenvalue weighted by molar-refractivity contribution is 7.80. The molecule has 0 spiro atoms. The minimum absolute atomic E-state index is 0.660. The van der Waals surface area contributed by atoms with Gasteiger partial charge in [0.05, 0.1) is 6.54 Å². The number of halogens is 1. The van der Waals surface area contributed by atoms with Crippen molar-refractivity contribution in [3.8, 4) is 0 Å². The van der Waals surface area contributed by atoms with E-state index in [-0.39, 0.29) is 0 Å². The lowest BCUT2D eigenvalue weighted by Crippen LogP contribution is -2.38. The summed E-state index contributed by atoms with van der Waals surface area (Å²) >= 11 is 12.1. The van der Waals surface area contributed by atoms with Gasteiger partial charge in [-0.2, -0.15) is 0 Å². The summed E-state index contributed by atoms with van der Waals surface area (Å²) in [5.74, 6) is 1.32. The first-order chi connectivity index (χ1) is 18.1. The van der Waals surface area contributed by atoms with E-state index in [0.29, 0.717) is 11.8 Å². The molecule has 4 nitrogen and oxygen atoms in total. The van der Waals surface area contributed by atoms with Crippen molar-refractivity contribution in [3.63, 3.8) is 0 Å². The Kier molecular flexibility index (Phi) is 11.7. The van der Waals surface area contributed by atoms with Crippen LogP contribution in [0.25, 0.3) is 0 Å². The van der Waals surface area contributed by atoms with E-state index in [1.54, 1.807) is 0 Å². The number of nitrogens with one attached hydrogen (secondary N) is 1. The molecule has 38 heavy (non-hydrogen) atoms. The highest BCUT2D eigenvalue weighted by Crippen LogP contribution is 2.19. The average molecular weight is 553 g/mol. The molecule has 0 bridgehead atoms. The zero-order valence-corrected chi connectivity index (χ0v) is 25.6. The molecule has 2 aromatic carbocycles. The van der Waals surface area contributed by atoms with Crippen molar-refractivity contribution in [2.75, 3.05) is 31.5 Å². The standard InChI is InChI=1S/C32H45ClN4S/c1-24(2)20-35(21-25(3)4)16-8-18-37(32(38)34-31-19-26(5)10-11-27(31)6)23-30-9-7-17-36(30)22-28-12-14-29(33)15-13-28/h7,9-15,17,19,24-25H,8,16,18,20-23H2,1-6H3,(H,34,38). The summed E-state index contributed by atoms with van der Waals surface area (Å²) in [4.78, 5) is 4.94. The maximum absolute atomic E-state index is 6.10. The lowest BCUT2D eigenvalue weighted by molar-refractivity contribution is 0.209. The molecule has 0 aliphatic rings. The Balaban J connectivity index is 1.75. The first-order valence-corrected chi connectivity index (χ1v) is 14.6. The van der Waals surface area contributed by atoms with Crippen LogP contribution in [0, 0.1) is 25.7 Å². The monoisotopic (exact) mass is 552 g/mol. The van der Waals surface area contributed by atoms with Crippen LogP contribution < -0.4 is 5.32 Å². The van der Waals surface area contributed by atoms with E-state index in [2.05, 4.69) is 110 Å². The second-order valence-electron chi connectivity index (χ2n) is 11.3. The van der Waals surface area contributed by atoms with Gasteiger partial charge in [-0.3, -0.25) is 0 Å². The predicted octanol–water partition coefficient (Wildman–Crippen LogP) is 8.01. The van der Waals surface area contributed by atoms with Gasteiger partial charge in [-0.05, 0) is 97.9 Å². The molecule has 0 fully saturated rings. The van der Waals surface area contributed by atoms with Gasteiger partial charge in [-0.25, -0.2) is 0 Å². The zero-order chi connectivity index (χ0) is 27.7. The number of rotatable bonds is 13. The van der Waals surface area contributed by atoms with E-state index < -0.39 is 0 Å². The summed E-state index contributed by atoms with van der Waals surface area (Å²) in [5.41, 5.74) is 5.97. The van der Waals surface area contributed by atoms with Crippen LogP contribution in [0.5, 0.6) is 0 Å². The molecule has 0 amide bonds. The number of hydrogen-bond donors (Lipinski definition) is 1. The van der Waals surface area contributed by atoms with Gasteiger partial charge in [0.25, 0.3) is 0 Å². The molecular formula is C32H45ClN4S. The van der Waals surface area contributed by atoms with Gasteiger partial charge >= 0.3 is 0 Å².